The maximum atomic E-state index is 5.89. The number of piperazine rings is 1. The van der Waals surface area contributed by atoms with Crippen molar-refractivity contribution in [3.8, 4) is 22.9 Å². The second kappa shape index (κ2) is 9.93. The van der Waals surface area contributed by atoms with Gasteiger partial charge >= 0.3 is 0 Å². The smallest absolute Gasteiger partial charge is 0.241 e. The number of benzene rings is 2. The minimum absolute atomic E-state index is 0.602. The van der Waals surface area contributed by atoms with E-state index >= 15 is 0 Å². The molecule has 1 aliphatic rings. The first-order chi connectivity index (χ1) is 14.7. The average Bonchev–Trinajstić information content (AvgIpc) is 3.25. The van der Waals surface area contributed by atoms with Crippen LogP contribution < -0.4 is 9.47 Å². The number of rotatable bonds is 8. The maximum absolute atomic E-state index is 5.89. The van der Waals surface area contributed by atoms with Crippen LogP contribution in [-0.2, 0) is 6.54 Å². The molecule has 8 heteroatoms. The van der Waals surface area contributed by atoms with Crippen LogP contribution in [0.5, 0.6) is 11.5 Å². The van der Waals surface area contributed by atoms with Crippen molar-refractivity contribution in [1.82, 2.24) is 19.9 Å². The van der Waals surface area contributed by atoms with Crippen molar-refractivity contribution in [3.63, 3.8) is 0 Å². The van der Waals surface area contributed by atoms with Crippen LogP contribution in [0.25, 0.3) is 11.4 Å². The van der Waals surface area contributed by atoms with Gasteiger partial charge in [-0.1, -0.05) is 16.8 Å². The lowest BCUT2D eigenvalue weighted by atomic mass is 10.2. The summed E-state index contributed by atoms with van der Waals surface area (Å²) in [6.07, 6.45) is 0. The van der Waals surface area contributed by atoms with E-state index in [1.807, 2.05) is 48.5 Å². The van der Waals surface area contributed by atoms with Crippen molar-refractivity contribution >= 4 is 11.6 Å². The molecule has 30 heavy (non-hydrogen) atoms. The third-order valence-corrected chi connectivity index (χ3v) is 5.38. The third-order valence-electron chi connectivity index (χ3n) is 5.13. The number of nitrogens with zero attached hydrogens (tertiary/aromatic N) is 4. The SMILES string of the molecule is COc1ccc(-c2noc(CN3CCN(CCOc4ccc(Cl)cc4)CC3)n2)cc1. The largest absolute Gasteiger partial charge is 0.497 e. The lowest BCUT2D eigenvalue weighted by molar-refractivity contribution is 0.104. The Bertz CT molecular complexity index is 922. The molecule has 0 atom stereocenters. The zero-order valence-electron chi connectivity index (χ0n) is 17.0. The van der Waals surface area contributed by atoms with Gasteiger partial charge < -0.3 is 14.0 Å². The predicted molar refractivity (Wildman–Crippen MR) is 115 cm³/mol. The number of halogens is 1. The van der Waals surface area contributed by atoms with Crippen LogP contribution in [0.15, 0.2) is 53.1 Å². The van der Waals surface area contributed by atoms with Gasteiger partial charge in [0, 0.05) is 43.3 Å². The van der Waals surface area contributed by atoms with Crippen LogP contribution in [0.1, 0.15) is 5.89 Å². The zero-order chi connectivity index (χ0) is 20.8. The van der Waals surface area contributed by atoms with E-state index < -0.39 is 0 Å². The molecule has 0 saturated carbocycles. The molecule has 1 fully saturated rings. The van der Waals surface area contributed by atoms with E-state index in [2.05, 4.69) is 19.9 Å². The maximum Gasteiger partial charge on any atom is 0.241 e. The monoisotopic (exact) mass is 428 g/mol. The number of methoxy groups -OCH3 is 1. The van der Waals surface area contributed by atoms with Gasteiger partial charge in [0.05, 0.1) is 13.7 Å². The van der Waals surface area contributed by atoms with Gasteiger partial charge in [-0.25, -0.2) is 0 Å². The van der Waals surface area contributed by atoms with Crippen LogP contribution in [0.2, 0.25) is 5.02 Å². The molecule has 1 aliphatic heterocycles. The zero-order valence-corrected chi connectivity index (χ0v) is 17.7. The van der Waals surface area contributed by atoms with Crippen LogP contribution in [0.4, 0.5) is 0 Å². The topological polar surface area (TPSA) is 63.9 Å². The van der Waals surface area contributed by atoms with Gasteiger partial charge in [-0.2, -0.15) is 4.98 Å². The van der Waals surface area contributed by atoms with E-state index in [4.69, 9.17) is 25.6 Å². The van der Waals surface area contributed by atoms with Crippen molar-refractivity contribution in [2.45, 2.75) is 6.54 Å². The number of aromatic nitrogens is 2. The molecular weight excluding hydrogens is 404 g/mol. The summed E-state index contributed by atoms with van der Waals surface area (Å²) in [5.74, 6) is 2.90. The highest BCUT2D eigenvalue weighted by molar-refractivity contribution is 6.30. The van der Waals surface area contributed by atoms with Crippen LogP contribution in [0.3, 0.4) is 0 Å². The molecule has 0 unspecified atom stereocenters. The van der Waals surface area contributed by atoms with Gasteiger partial charge in [0.15, 0.2) is 0 Å². The molecule has 0 aliphatic carbocycles. The van der Waals surface area contributed by atoms with Gasteiger partial charge in [0.25, 0.3) is 0 Å². The Morgan fingerprint density at radius 3 is 2.30 bits per heavy atom. The highest BCUT2D eigenvalue weighted by Crippen LogP contribution is 2.20. The molecule has 158 valence electrons. The standard InChI is InChI=1S/C22H25ClN4O3/c1-28-19-6-2-17(3-7-19)22-24-21(30-25-22)16-27-12-10-26(11-13-27)14-15-29-20-8-4-18(23)5-9-20/h2-9H,10-16H2,1H3. The van der Waals surface area contributed by atoms with E-state index in [-0.39, 0.29) is 0 Å². The Morgan fingerprint density at radius 1 is 0.933 bits per heavy atom. The molecule has 0 amide bonds. The summed E-state index contributed by atoms with van der Waals surface area (Å²) in [6.45, 7) is 6.13. The summed E-state index contributed by atoms with van der Waals surface area (Å²) in [5, 5.41) is 4.83. The molecule has 0 bridgehead atoms. The fraction of sp³-hybridized carbons (Fsp3) is 0.364. The number of hydrogen-bond acceptors (Lipinski definition) is 7. The van der Waals surface area contributed by atoms with Gasteiger partial charge in [-0.05, 0) is 48.5 Å². The number of ether oxygens (including phenoxy) is 2. The molecule has 2 heterocycles. The summed E-state index contributed by atoms with van der Waals surface area (Å²) >= 11 is 5.89. The summed E-state index contributed by atoms with van der Waals surface area (Å²) in [6, 6.07) is 15.1. The van der Waals surface area contributed by atoms with E-state index in [0.29, 0.717) is 24.9 Å². The molecule has 0 spiro atoms. The predicted octanol–water partition coefficient (Wildman–Crippen LogP) is 3.60. The Morgan fingerprint density at radius 2 is 1.60 bits per heavy atom. The Hall–Kier alpha value is -2.61. The van der Waals surface area contributed by atoms with Crippen LogP contribution in [0, 0.1) is 0 Å². The lowest BCUT2D eigenvalue weighted by Gasteiger charge is -2.33. The molecule has 0 radical (unpaired) electrons. The minimum Gasteiger partial charge on any atom is -0.497 e. The molecule has 3 aromatic rings. The van der Waals surface area contributed by atoms with E-state index in [9.17, 15) is 0 Å². The molecule has 1 aromatic heterocycles. The second-order valence-corrected chi connectivity index (χ2v) is 7.60. The van der Waals surface area contributed by atoms with E-state index in [1.165, 1.54) is 0 Å². The van der Waals surface area contributed by atoms with Crippen LogP contribution in [-0.4, -0.2) is 66.4 Å². The second-order valence-electron chi connectivity index (χ2n) is 7.16. The summed E-state index contributed by atoms with van der Waals surface area (Å²) in [7, 11) is 1.65. The Labute approximate surface area is 181 Å². The first-order valence-electron chi connectivity index (χ1n) is 10.00. The van der Waals surface area contributed by atoms with Gasteiger partial charge in [-0.15, -0.1) is 0 Å². The summed E-state index contributed by atoms with van der Waals surface area (Å²) in [5.41, 5.74) is 0.913. The fourth-order valence-electron chi connectivity index (χ4n) is 3.36. The molecule has 4 rings (SSSR count). The summed E-state index contributed by atoms with van der Waals surface area (Å²) < 4.78 is 16.4. The van der Waals surface area contributed by atoms with Crippen molar-refractivity contribution in [1.29, 1.82) is 0 Å². The highest BCUT2D eigenvalue weighted by Gasteiger charge is 2.19. The number of hydrogen-bond donors (Lipinski definition) is 0. The van der Waals surface area contributed by atoms with Crippen molar-refractivity contribution in [2.75, 3.05) is 46.4 Å². The highest BCUT2D eigenvalue weighted by atomic mass is 35.5. The fourth-order valence-corrected chi connectivity index (χ4v) is 3.49. The first kappa shape index (κ1) is 20.7. The Kier molecular flexibility index (Phi) is 6.84. The lowest BCUT2D eigenvalue weighted by Crippen LogP contribution is -2.47. The average molecular weight is 429 g/mol. The minimum atomic E-state index is 0.602. The van der Waals surface area contributed by atoms with Crippen LogP contribution >= 0.6 is 11.6 Å². The molecule has 1 saturated heterocycles. The van der Waals surface area contributed by atoms with E-state index in [1.54, 1.807) is 7.11 Å². The van der Waals surface area contributed by atoms with E-state index in [0.717, 1.165) is 54.8 Å². The van der Waals surface area contributed by atoms with Gasteiger partial charge in [0.1, 0.15) is 18.1 Å². The van der Waals surface area contributed by atoms with Gasteiger partial charge in [0.2, 0.25) is 11.7 Å². The molecule has 2 aromatic carbocycles. The van der Waals surface area contributed by atoms with Crippen molar-refractivity contribution < 1.29 is 14.0 Å². The molecule has 7 nitrogen and oxygen atoms in total. The Balaban J connectivity index is 1.20. The normalized spacial score (nSPS) is 15.3. The third kappa shape index (κ3) is 5.50. The summed E-state index contributed by atoms with van der Waals surface area (Å²) in [4.78, 5) is 9.28. The molecular formula is C22H25ClN4O3. The van der Waals surface area contributed by atoms with Crippen molar-refractivity contribution in [2.24, 2.45) is 0 Å². The van der Waals surface area contributed by atoms with Gasteiger partial charge in [-0.3, -0.25) is 9.80 Å². The van der Waals surface area contributed by atoms with Crippen molar-refractivity contribution in [3.05, 3.63) is 59.4 Å². The first-order valence-corrected chi connectivity index (χ1v) is 10.4. The molecule has 0 N–H and O–H groups in total. The quantitative estimate of drug-likeness (QED) is 0.543.